The summed E-state index contributed by atoms with van der Waals surface area (Å²) < 4.78 is 0. The maximum Gasteiger partial charge on any atom is 0.319 e. The number of piperidine rings is 1. The Bertz CT molecular complexity index is 812. The SMILES string of the molecule is CC(C)NC(=O)Nc1ccccc1C(=O)Nc1ccc(N2CCCCC2)cc1. The molecule has 2 aromatic carbocycles. The molecule has 0 aliphatic carbocycles. The maximum absolute atomic E-state index is 12.7. The lowest BCUT2D eigenvalue weighted by Gasteiger charge is -2.28. The van der Waals surface area contributed by atoms with Gasteiger partial charge in [0.25, 0.3) is 5.91 Å². The number of nitrogens with one attached hydrogen (secondary N) is 3. The first-order chi connectivity index (χ1) is 13.5. The predicted octanol–water partition coefficient (Wildman–Crippen LogP) is 4.46. The average Bonchev–Trinajstić information content (AvgIpc) is 2.69. The van der Waals surface area contributed by atoms with E-state index in [9.17, 15) is 9.59 Å². The van der Waals surface area contributed by atoms with Crippen molar-refractivity contribution in [2.45, 2.75) is 39.2 Å². The quantitative estimate of drug-likeness (QED) is 0.717. The van der Waals surface area contributed by atoms with Crippen LogP contribution in [0.1, 0.15) is 43.5 Å². The van der Waals surface area contributed by atoms with Crippen LogP contribution in [0.25, 0.3) is 0 Å². The lowest BCUT2D eigenvalue weighted by atomic mass is 10.1. The molecule has 6 nitrogen and oxygen atoms in total. The number of anilines is 3. The molecule has 3 rings (SSSR count). The average molecular weight is 380 g/mol. The van der Waals surface area contributed by atoms with Crippen LogP contribution in [0, 0.1) is 0 Å². The van der Waals surface area contributed by atoms with Crippen molar-refractivity contribution >= 4 is 29.0 Å². The molecule has 1 heterocycles. The van der Waals surface area contributed by atoms with E-state index < -0.39 is 0 Å². The minimum atomic E-state index is -0.332. The number of carbonyl (C=O) groups is 2. The Morgan fingerprint density at radius 3 is 2.25 bits per heavy atom. The van der Waals surface area contributed by atoms with Crippen LogP contribution >= 0.6 is 0 Å². The molecule has 3 N–H and O–H groups in total. The molecule has 2 aromatic rings. The van der Waals surface area contributed by atoms with E-state index in [1.807, 2.05) is 38.1 Å². The number of nitrogens with zero attached hydrogens (tertiary/aromatic N) is 1. The molecule has 148 valence electrons. The summed E-state index contributed by atoms with van der Waals surface area (Å²) in [6, 6.07) is 14.6. The zero-order valence-electron chi connectivity index (χ0n) is 16.5. The molecule has 1 saturated heterocycles. The highest BCUT2D eigenvalue weighted by Gasteiger charge is 2.15. The van der Waals surface area contributed by atoms with Crippen molar-refractivity contribution in [3.63, 3.8) is 0 Å². The number of urea groups is 1. The van der Waals surface area contributed by atoms with Crippen LogP contribution in [0.2, 0.25) is 0 Å². The minimum Gasteiger partial charge on any atom is -0.372 e. The van der Waals surface area contributed by atoms with Crippen molar-refractivity contribution in [2.75, 3.05) is 28.6 Å². The van der Waals surface area contributed by atoms with Crippen LogP contribution in [0.15, 0.2) is 48.5 Å². The third-order valence-electron chi connectivity index (χ3n) is 4.69. The largest absolute Gasteiger partial charge is 0.372 e. The van der Waals surface area contributed by atoms with Gasteiger partial charge in [0.15, 0.2) is 0 Å². The Hall–Kier alpha value is -3.02. The van der Waals surface area contributed by atoms with E-state index in [1.165, 1.54) is 24.9 Å². The summed E-state index contributed by atoms with van der Waals surface area (Å²) in [5.41, 5.74) is 2.81. The molecule has 0 atom stereocenters. The van der Waals surface area contributed by atoms with E-state index in [2.05, 4.69) is 20.9 Å². The van der Waals surface area contributed by atoms with Gasteiger partial charge in [-0.3, -0.25) is 4.79 Å². The van der Waals surface area contributed by atoms with Gasteiger partial charge in [-0.1, -0.05) is 12.1 Å². The second kappa shape index (κ2) is 9.26. The zero-order chi connectivity index (χ0) is 19.9. The third-order valence-corrected chi connectivity index (χ3v) is 4.69. The fraction of sp³-hybridized carbons (Fsp3) is 0.364. The molecule has 0 unspecified atom stereocenters. The summed E-state index contributed by atoms with van der Waals surface area (Å²) in [7, 11) is 0. The fourth-order valence-corrected chi connectivity index (χ4v) is 3.32. The van der Waals surface area contributed by atoms with Gasteiger partial charge in [-0.05, 0) is 69.5 Å². The smallest absolute Gasteiger partial charge is 0.319 e. The van der Waals surface area contributed by atoms with Gasteiger partial charge < -0.3 is 20.9 Å². The normalized spacial score (nSPS) is 13.9. The summed E-state index contributed by atoms with van der Waals surface area (Å²) >= 11 is 0. The number of hydrogen-bond acceptors (Lipinski definition) is 3. The summed E-state index contributed by atoms with van der Waals surface area (Å²) in [5.74, 6) is -0.258. The van der Waals surface area contributed by atoms with Gasteiger partial charge in [0, 0.05) is 30.5 Å². The van der Waals surface area contributed by atoms with Crippen LogP contribution in [0.5, 0.6) is 0 Å². The Kier molecular flexibility index (Phi) is 6.53. The van der Waals surface area contributed by atoms with Gasteiger partial charge in [-0.2, -0.15) is 0 Å². The van der Waals surface area contributed by atoms with Crippen molar-refractivity contribution in [3.8, 4) is 0 Å². The monoisotopic (exact) mass is 380 g/mol. The van der Waals surface area contributed by atoms with Crippen LogP contribution in [0.4, 0.5) is 21.9 Å². The molecule has 0 radical (unpaired) electrons. The number of para-hydroxylation sites is 1. The third kappa shape index (κ3) is 5.25. The molecule has 0 spiro atoms. The van der Waals surface area contributed by atoms with Crippen molar-refractivity contribution in [2.24, 2.45) is 0 Å². The van der Waals surface area contributed by atoms with E-state index in [-0.39, 0.29) is 18.0 Å². The van der Waals surface area contributed by atoms with Gasteiger partial charge in [0.1, 0.15) is 0 Å². The molecular formula is C22H28N4O2. The lowest BCUT2D eigenvalue weighted by Crippen LogP contribution is -2.34. The van der Waals surface area contributed by atoms with Crippen LogP contribution in [-0.2, 0) is 0 Å². The minimum absolute atomic E-state index is 0.0133. The summed E-state index contributed by atoms with van der Waals surface area (Å²) in [4.78, 5) is 27.1. The standard InChI is InChI=1S/C22H28N4O2/c1-16(2)23-22(28)25-20-9-5-4-8-19(20)21(27)24-17-10-12-18(13-11-17)26-14-6-3-7-15-26/h4-5,8-13,16H,3,6-7,14-15H2,1-2H3,(H,24,27)(H2,23,25,28). The summed E-state index contributed by atoms with van der Waals surface area (Å²) in [6.45, 7) is 5.93. The number of hydrogen-bond donors (Lipinski definition) is 3. The van der Waals surface area contributed by atoms with Gasteiger partial charge in [-0.25, -0.2) is 4.79 Å². The molecule has 3 amide bonds. The fourth-order valence-electron chi connectivity index (χ4n) is 3.32. The number of carbonyl (C=O) groups excluding carboxylic acids is 2. The van der Waals surface area contributed by atoms with Crippen LogP contribution in [0.3, 0.4) is 0 Å². The second-order valence-electron chi connectivity index (χ2n) is 7.35. The molecule has 6 heteroatoms. The molecule has 28 heavy (non-hydrogen) atoms. The first-order valence-corrected chi connectivity index (χ1v) is 9.86. The predicted molar refractivity (Wildman–Crippen MR) is 114 cm³/mol. The molecule has 1 aliphatic rings. The summed E-state index contributed by atoms with van der Waals surface area (Å²) in [5, 5.41) is 8.41. The van der Waals surface area contributed by atoms with Gasteiger partial charge in [-0.15, -0.1) is 0 Å². The highest BCUT2D eigenvalue weighted by Crippen LogP contribution is 2.23. The van der Waals surface area contributed by atoms with E-state index in [1.54, 1.807) is 24.3 Å². The number of benzene rings is 2. The Balaban J connectivity index is 1.67. The van der Waals surface area contributed by atoms with E-state index in [4.69, 9.17) is 0 Å². The first-order valence-electron chi connectivity index (χ1n) is 9.86. The lowest BCUT2D eigenvalue weighted by molar-refractivity contribution is 0.102. The molecule has 0 bridgehead atoms. The zero-order valence-corrected chi connectivity index (χ0v) is 16.5. The van der Waals surface area contributed by atoms with Gasteiger partial charge in [0.2, 0.25) is 0 Å². The second-order valence-corrected chi connectivity index (χ2v) is 7.35. The Labute approximate surface area is 166 Å². The van der Waals surface area contributed by atoms with Gasteiger partial charge >= 0.3 is 6.03 Å². The van der Waals surface area contributed by atoms with Crippen molar-refractivity contribution in [1.29, 1.82) is 0 Å². The highest BCUT2D eigenvalue weighted by molar-refractivity contribution is 6.10. The molecular weight excluding hydrogens is 352 g/mol. The molecule has 1 aliphatic heterocycles. The van der Waals surface area contributed by atoms with E-state index in [0.717, 1.165) is 18.8 Å². The number of amides is 3. The molecule has 0 aromatic heterocycles. The Morgan fingerprint density at radius 2 is 1.57 bits per heavy atom. The van der Waals surface area contributed by atoms with Crippen molar-refractivity contribution in [1.82, 2.24) is 5.32 Å². The van der Waals surface area contributed by atoms with Gasteiger partial charge in [0.05, 0.1) is 11.3 Å². The van der Waals surface area contributed by atoms with Crippen molar-refractivity contribution < 1.29 is 9.59 Å². The Morgan fingerprint density at radius 1 is 0.893 bits per heavy atom. The molecule has 1 fully saturated rings. The summed E-state index contributed by atoms with van der Waals surface area (Å²) in [6.07, 6.45) is 3.76. The maximum atomic E-state index is 12.7. The topological polar surface area (TPSA) is 73.5 Å². The van der Waals surface area contributed by atoms with Crippen LogP contribution in [-0.4, -0.2) is 31.1 Å². The molecule has 0 saturated carbocycles. The van der Waals surface area contributed by atoms with Crippen molar-refractivity contribution in [3.05, 3.63) is 54.1 Å². The highest BCUT2D eigenvalue weighted by atomic mass is 16.2. The number of rotatable bonds is 5. The van der Waals surface area contributed by atoms with Crippen LogP contribution < -0.4 is 20.9 Å². The van der Waals surface area contributed by atoms with E-state index in [0.29, 0.717) is 11.3 Å². The van der Waals surface area contributed by atoms with E-state index >= 15 is 0 Å². The first kappa shape index (κ1) is 19.7.